The van der Waals surface area contributed by atoms with Crippen LogP contribution < -0.4 is 0 Å². The van der Waals surface area contributed by atoms with Crippen molar-refractivity contribution in [3.8, 4) is 0 Å². The molecule has 2 aromatic heterocycles. The molecule has 0 radical (unpaired) electrons. The molecular formula is C20H24N4O2. The second-order valence-electron chi connectivity index (χ2n) is 7.30. The normalized spacial score (nSPS) is 17.4. The fourth-order valence-electron chi connectivity index (χ4n) is 4.02. The summed E-state index contributed by atoms with van der Waals surface area (Å²) < 4.78 is 5.82. The topological polar surface area (TPSA) is 75.0 Å². The molecule has 0 saturated carbocycles. The van der Waals surface area contributed by atoms with E-state index in [0.29, 0.717) is 12.2 Å². The van der Waals surface area contributed by atoms with Gasteiger partial charge in [-0.1, -0.05) is 6.07 Å². The lowest BCUT2D eigenvalue weighted by Gasteiger charge is -2.22. The number of nitrogens with one attached hydrogen (secondary N) is 1. The number of carbonyl (C=O) groups excluding carboxylic acids is 1. The van der Waals surface area contributed by atoms with E-state index >= 15 is 0 Å². The molecule has 1 saturated heterocycles. The molecule has 1 aromatic carbocycles. The molecule has 1 N–H and O–H groups in total. The number of aromatic nitrogens is 3. The van der Waals surface area contributed by atoms with E-state index in [9.17, 15) is 4.79 Å². The maximum atomic E-state index is 13.0. The van der Waals surface area contributed by atoms with E-state index < -0.39 is 0 Å². The molecule has 6 heteroatoms. The second kappa shape index (κ2) is 6.27. The molecule has 3 heterocycles. The standard InChI is InChI=1S/C20H24N4O2/c1-11-8-12(2)18-15(10-26-19(18)13(11)3)9-17(25)24-7-5-6-16(24)20-21-14(4)22-23-20/h8,10,16H,5-7,9H2,1-4H3,(H,21,22,23). The first-order valence-electron chi connectivity index (χ1n) is 9.11. The molecule has 1 unspecified atom stereocenters. The Morgan fingerprint density at radius 2 is 2.12 bits per heavy atom. The number of aryl methyl sites for hydroxylation is 4. The first-order valence-corrected chi connectivity index (χ1v) is 9.11. The molecule has 1 aliphatic heterocycles. The quantitative estimate of drug-likeness (QED) is 0.780. The molecule has 3 aromatic rings. The molecular weight excluding hydrogens is 328 g/mol. The molecule has 136 valence electrons. The lowest BCUT2D eigenvalue weighted by atomic mass is 9.98. The summed E-state index contributed by atoms with van der Waals surface area (Å²) in [5.74, 6) is 1.60. The van der Waals surface area contributed by atoms with E-state index in [1.165, 1.54) is 5.56 Å². The first kappa shape index (κ1) is 16.8. The number of furan rings is 1. The Morgan fingerprint density at radius 1 is 1.31 bits per heavy atom. The predicted molar refractivity (Wildman–Crippen MR) is 98.9 cm³/mol. The summed E-state index contributed by atoms with van der Waals surface area (Å²) in [6.45, 7) is 8.86. The maximum absolute atomic E-state index is 13.0. The summed E-state index contributed by atoms with van der Waals surface area (Å²) in [6, 6.07) is 2.13. The van der Waals surface area contributed by atoms with Crippen molar-refractivity contribution in [1.29, 1.82) is 0 Å². The largest absolute Gasteiger partial charge is 0.464 e. The number of fused-ring (bicyclic) bond motifs is 1. The molecule has 0 spiro atoms. The summed E-state index contributed by atoms with van der Waals surface area (Å²) in [6.07, 6.45) is 3.97. The van der Waals surface area contributed by atoms with Crippen molar-refractivity contribution in [2.45, 2.75) is 53.0 Å². The smallest absolute Gasteiger partial charge is 0.227 e. The minimum absolute atomic E-state index is 0.0318. The summed E-state index contributed by atoms with van der Waals surface area (Å²) in [5.41, 5.74) is 5.36. The molecule has 6 nitrogen and oxygen atoms in total. The van der Waals surface area contributed by atoms with Crippen LogP contribution in [0.25, 0.3) is 11.0 Å². The lowest BCUT2D eigenvalue weighted by Crippen LogP contribution is -2.32. The van der Waals surface area contributed by atoms with Gasteiger partial charge in [-0.15, -0.1) is 0 Å². The van der Waals surface area contributed by atoms with Gasteiger partial charge in [0.1, 0.15) is 11.4 Å². The summed E-state index contributed by atoms with van der Waals surface area (Å²) in [7, 11) is 0. The van der Waals surface area contributed by atoms with Gasteiger partial charge in [0.15, 0.2) is 5.82 Å². The molecule has 4 rings (SSSR count). The maximum Gasteiger partial charge on any atom is 0.227 e. The third-order valence-electron chi connectivity index (χ3n) is 5.45. The van der Waals surface area contributed by atoms with Gasteiger partial charge in [0, 0.05) is 17.5 Å². The fourth-order valence-corrected chi connectivity index (χ4v) is 4.02. The minimum Gasteiger partial charge on any atom is -0.464 e. The monoisotopic (exact) mass is 352 g/mol. The fraction of sp³-hybridized carbons (Fsp3) is 0.450. The van der Waals surface area contributed by atoms with Gasteiger partial charge in [-0.25, -0.2) is 4.98 Å². The Labute approximate surface area is 152 Å². The molecule has 1 fully saturated rings. The third kappa shape index (κ3) is 2.69. The average Bonchev–Trinajstić information content (AvgIpc) is 3.31. The van der Waals surface area contributed by atoms with Gasteiger partial charge in [0.2, 0.25) is 5.91 Å². The summed E-state index contributed by atoms with van der Waals surface area (Å²) >= 11 is 0. The van der Waals surface area contributed by atoms with Gasteiger partial charge < -0.3 is 9.32 Å². The summed E-state index contributed by atoms with van der Waals surface area (Å²) in [5, 5.41) is 8.22. The van der Waals surface area contributed by atoms with Crippen LogP contribution >= 0.6 is 0 Å². The zero-order valence-electron chi connectivity index (χ0n) is 15.7. The number of hydrogen-bond acceptors (Lipinski definition) is 4. The third-order valence-corrected chi connectivity index (χ3v) is 5.45. The van der Waals surface area contributed by atoms with E-state index in [0.717, 1.165) is 52.9 Å². The van der Waals surface area contributed by atoms with Crippen LogP contribution in [0.15, 0.2) is 16.7 Å². The molecule has 1 aliphatic rings. The number of H-pyrrole nitrogens is 1. The number of benzene rings is 1. The highest BCUT2D eigenvalue weighted by Gasteiger charge is 2.33. The van der Waals surface area contributed by atoms with E-state index in [1.54, 1.807) is 6.26 Å². The van der Waals surface area contributed by atoms with Gasteiger partial charge in [-0.05, 0) is 57.2 Å². The van der Waals surface area contributed by atoms with Crippen molar-refractivity contribution >= 4 is 16.9 Å². The number of carbonyl (C=O) groups is 1. The zero-order chi connectivity index (χ0) is 18.4. The van der Waals surface area contributed by atoms with Crippen LogP contribution in [0.2, 0.25) is 0 Å². The highest BCUT2D eigenvalue weighted by atomic mass is 16.3. The van der Waals surface area contributed by atoms with Gasteiger partial charge in [0.25, 0.3) is 0 Å². The van der Waals surface area contributed by atoms with Crippen LogP contribution in [0, 0.1) is 27.7 Å². The summed E-state index contributed by atoms with van der Waals surface area (Å²) in [4.78, 5) is 19.4. The average molecular weight is 352 g/mol. The van der Waals surface area contributed by atoms with Crippen LogP contribution in [-0.4, -0.2) is 32.5 Å². The highest BCUT2D eigenvalue weighted by molar-refractivity contribution is 5.92. The van der Waals surface area contributed by atoms with Crippen LogP contribution in [0.5, 0.6) is 0 Å². The van der Waals surface area contributed by atoms with Crippen LogP contribution in [0.4, 0.5) is 0 Å². The van der Waals surface area contributed by atoms with Gasteiger partial charge in [-0.3, -0.25) is 9.89 Å². The molecule has 0 bridgehead atoms. The number of aromatic amines is 1. The molecule has 26 heavy (non-hydrogen) atoms. The van der Waals surface area contributed by atoms with Crippen molar-refractivity contribution in [1.82, 2.24) is 20.1 Å². The zero-order valence-corrected chi connectivity index (χ0v) is 15.7. The minimum atomic E-state index is -0.0318. The lowest BCUT2D eigenvalue weighted by molar-refractivity contribution is -0.131. The predicted octanol–water partition coefficient (Wildman–Crippen LogP) is 3.69. The Balaban J connectivity index is 1.62. The van der Waals surface area contributed by atoms with Crippen LogP contribution in [0.1, 0.15) is 52.8 Å². The van der Waals surface area contributed by atoms with Crippen LogP contribution in [-0.2, 0) is 11.2 Å². The van der Waals surface area contributed by atoms with Crippen LogP contribution in [0.3, 0.4) is 0 Å². The number of amides is 1. The first-order chi connectivity index (χ1) is 12.5. The Hall–Kier alpha value is -2.63. The molecule has 1 atom stereocenters. The van der Waals surface area contributed by atoms with Crippen molar-refractivity contribution in [2.75, 3.05) is 6.54 Å². The van der Waals surface area contributed by atoms with Gasteiger partial charge in [-0.2, -0.15) is 5.10 Å². The number of hydrogen-bond donors (Lipinski definition) is 1. The van der Waals surface area contributed by atoms with E-state index in [-0.39, 0.29) is 11.9 Å². The van der Waals surface area contributed by atoms with Crippen molar-refractivity contribution in [3.05, 3.63) is 46.2 Å². The SMILES string of the molecule is Cc1nc(C2CCCN2C(=O)Cc2coc3c(C)c(C)cc(C)c23)n[nH]1. The Bertz CT molecular complexity index is 985. The van der Waals surface area contributed by atoms with Gasteiger partial charge in [0.05, 0.1) is 18.7 Å². The van der Waals surface area contributed by atoms with Crippen molar-refractivity contribution in [2.24, 2.45) is 0 Å². The number of nitrogens with zero attached hydrogens (tertiary/aromatic N) is 3. The van der Waals surface area contributed by atoms with E-state index in [2.05, 4.69) is 42.0 Å². The van der Waals surface area contributed by atoms with Gasteiger partial charge >= 0.3 is 0 Å². The molecule has 1 amide bonds. The highest BCUT2D eigenvalue weighted by Crippen LogP contribution is 2.33. The van der Waals surface area contributed by atoms with E-state index in [4.69, 9.17) is 4.42 Å². The Morgan fingerprint density at radius 3 is 2.85 bits per heavy atom. The molecule has 0 aliphatic carbocycles. The van der Waals surface area contributed by atoms with Crippen molar-refractivity contribution < 1.29 is 9.21 Å². The Kier molecular flexibility index (Phi) is 4.05. The number of rotatable bonds is 3. The van der Waals surface area contributed by atoms with E-state index in [1.807, 2.05) is 11.8 Å². The number of likely N-dealkylation sites (tertiary alicyclic amines) is 1. The second-order valence-corrected chi connectivity index (χ2v) is 7.30. The van der Waals surface area contributed by atoms with Crippen molar-refractivity contribution in [3.63, 3.8) is 0 Å².